The topological polar surface area (TPSA) is 108 Å². The molecule has 166 valence electrons. The van der Waals surface area contributed by atoms with Crippen LogP contribution >= 0.6 is 11.6 Å². The Kier molecular flexibility index (Phi) is 7.19. The van der Waals surface area contributed by atoms with Crippen molar-refractivity contribution in [2.24, 2.45) is 5.92 Å². The largest absolute Gasteiger partial charge is 0.347 e. The van der Waals surface area contributed by atoms with Crippen LogP contribution < -0.4 is 10.6 Å². The Morgan fingerprint density at radius 3 is 2.52 bits per heavy atom. The number of nitrogens with zero attached hydrogens (tertiary/aromatic N) is 2. The minimum absolute atomic E-state index is 0.0609. The van der Waals surface area contributed by atoms with E-state index in [-0.39, 0.29) is 48.2 Å². The van der Waals surface area contributed by atoms with Crippen molar-refractivity contribution in [2.45, 2.75) is 17.7 Å². The summed E-state index contributed by atoms with van der Waals surface area (Å²) in [5.41, 5.74) is 0.0609. The monoisotopic (exact) mass is 472 g/mol. The van der Waals surface area contributed by atoms with Gasteiger partial charge >= 0.3 is 0 Å². The molecule has 1 aliphatic rings. The van der Waals surface area contributed by atoms with Crippen LogP contribution in [0.1, 0.15) is 12.8 Å². The highest BCUT2D eigenvalue weighted by Crippen LogP contribution is 2.27. The van der Waals surface area contributed by atoms with Gasteiger partial charge in [-0.3, -0.25) is 9.59 Å². The smallest absolute Gasteiger partial charge is 0.246 e. The Hall–Kier alpha value is -2.63. The molecule has 1 aromatic heterocycles. The van der Waals surface area contributed by atoms with Crippen LogP contribution in [0, 0.1) is 17.6 Å². The van der Waals surface area contributed by atoms with E-state index >= 15 is 0 Å². The lowest BCUT2D eigenvalue weighted by Crippen LogP contribution is -2.44. The molecule has 1 saturated heterocycles. The molecular weight excluding hydrogens is 454 g/mol. The molecule has 0 aliphatic carbocycles. The fraction of sp³-hybridized carbons (Fsp3) is 0.316. The number of rotatable bonds is 6. The highest BCUT2D eigenvalue weighted by Gasteiger charge is 2.33. The summed E-state index contributed by atoms with van der Waals surface area (Å²) in [5.74, 6) is -3.60. The average molecular weight is 473 g/mol. The Morgan fingerprint density at radius 1 is 1.16 bits per heavy atom. The van der Waals surface area contributed by atoms with Crippen LogP contribution in [0.15, 0.2) is 41.4 Å². The van der Waals surface area contributed by atoms with Gasteiger partial charge in [-0.1, -0.05) is 11.6 Å². The molecule has 0 bridgehead atoms. The van der Waals surface area contributed by atoms with Crippen molar-refractivity contribution >= 4 is 39.1 Å². The van der Waals surface area contributed by atoms with Crippen LogP contribution in [0.25, 0.3) is 0 Å². The Bertz CT molecular complexity index is 1090. The zero-order valence-electron chi connectivity index (χ0n) is 16.1. The van der Waals surface area contributed by atoms with Gasteiger partial charge in [0.25, 0.3) is 0 Å². The molecule has 0 spiro atoms. The highest BCUT2D eigenvalue weighted by molar-refractivity contribution is 7.89. The predicted octanol–water partition coefficient (Wildman–Crippen LogP) is 2.17. The average Bonchev–Trinajstić information content (AvgIpc) is 2.75. The van der Waals surface area contributed by atoms with Crippen molar-refractivity contribution in [1.82, 2.24) is 14.6 Å². The van der Waals surface area contributed by atoms with Gasteiger partial charge in [0.2, 0.25) is 21.8 Å². The maximum absolute atomic E-state index is 13.2. The quantitative estimate of drug-likeness (QED) is 0.626. The van der Waals surface area contributed by atoms with Crippen molar-refractivity contribution < 1.29 is 26.8 Å². The second kappa shape index (κ2) is 9.67. The molecule has 0 unspecified atom stereocenters. The van der Waals surface area contributed by atoms with Crippen LogP contribution in [0.4, 0.5) is 14.5 Å². The SMILES string of the molecule is O=C(CNC(=O)C1CCN(S(=O)(=O)c2cccnc2Cl)CC1)Nc1ccc(F)c(F)c1. The number of hydrogen-bond donors (Lipinski definition) is 2. The molecule has 1 fully saturated rings. The number of pyridine rings is 1. The maximum atomic E-state index is 13.2. The number of carbonyl (C=O) groups excluding carboxylic acids is 2. The molecule has 12 heteroatoms. The Morgan fingerprint density at radius 2 is 1.87 bits per heavy atom. The molecule has 2 N–H and O–H groups in total. The zero-order valence-corrected chi connectivity index (χ0v) is 17.7. The number of amides is 2. The van der Waals surface area contributed by atoms with E-state index in [0.717, 1.165) is 12.1 Å². The fourth-order valence-electron chi connectivity index (χ4n) is 3.15. The third-order valence-electron chi connectivity index (χ3n) is 4.79. The van der Waals surface area contributed by atoms with E-state index in [4.69, 9.17) is 11.6 Å². The second-order valence-corrected chi connectivity index (χ2v) is 9.13. The first-order valence-corrected chi connectivity index (χ1v) is 11.1. The van der Waals surface area contributed by atoms with Gasteiger partial charge in [0.1, 0.15) is 10.0 Å². The molecule has 8 nitrogen and oxygen atoms in total. The molecule has 0 saturated carbocycles. The molecule has 2 heterocycles. The molecule has 31 heavy (non-hydrogen) atoms. The lowest BCUT2D eigenvalue weighted by molar-refractivity contribution is -0.128. The number of benzene rings is 1. The summed E-state index contributed by atoms with van der Waals surface area (Å²) in [6.07, 6.45) is 1.93. The minimum Gasteiger partial charge on any atom is -0.347 e. The molecule has 3 rings (SSSR count). The van der Waals surface area contributed by atoms with E-state index in [1.807, 2.05) is 0 Å². The van der Waals surface area contributed by atoms with Crippen LogP contribution in [0.5, 0.6) is 0 Å². The molecule has 1 aromatic carbocycles. The summed E-state index contributed by atoms with van der Waals surface area (Å²) in [5, 5.41) is 4.71. The van der Waals surface area contributed by atoms with Crippen molar-refractivity contribution in [3.63, 3.8) is 0 Å². The van der Waals surface area contributed by atoms with Crippen molar-refractivity contribution in [3.05, 3.63) is 53.3 Å². The third kappa shape index (κ3) is 5.54. The molecule has 2 aromatic rings. The second-order valence-electron chi connectivity index (χ2n) is 6.87. The van der Waals surface area contributed by atoms with Crippen LogP contribution in [-0.2, 0) is 19.6 Å². The lowest BCUT2D eigenvalue weighted by atomic mass is 9.97. The first kappa shape index (κ1) is 23.0. The van der Waals surface area contributed by atoms with Crippen LogP contribution in [0.3, 0.4) is 0 Å². The first-order chi connectivity index (χ1) is 14.7. The van der Waals surface area contributed by atoms with E-state index < -0.39 is 39.4 Å². The van der Waals surface area contributed by atoms with Gasteiger partial charge in [-0.15, -0.1) is 0 Å². The van der Waals surface area contributed by atoms with Gasteiger partial charge < -0.3 is 10.6 Å². The molecule has 2 amide bonds. The third-order valence-corrected chi connectivity index (χ3v) is 7.14. The summed E-state index contributed by atoms with van der Waals surface area (Å²) < 4.78 is 52.8. The van der Waals surface area contributed by atoms with Crippen molar-refractivity contribution in [3.8, 4) is 0 Å². The van der Waals surface area contributed by atoms with Gasteiger partial charge in [0, 0.05) is 37.0 Å². The summed E-state index contributed by atoms with van der Waals surface area (Å²) in [6, 6.07) is 5.76. The normalized spacial score (nSPS) is 15.5. The van der Waals surface area contributed by atoms with Gasteiger partial charge in [0.05, 0.1) is 6.54 Å². The molecule has 0 radical (unpaired) electrons. The van der Waals surface area contributed by atoms with E-state index in [1.54, 1.807) is 0 Å². The highest BCUT2D eigenvalue weighted by atomic mass is 35.5. The van der Waals surface area contributed by atoms with E-state index in [0.29, 0.717) is 0 Å². The number of carbonyl (C=O) groups is 2. The number of nitrogens with one attached hydrogen (secondary N) is 2. The van der Waals surface area contributed by atoms with Crippen LogP contribution in [0.2, 0.25) is 5.15 Å². The van der Waals surface area contributed by atoms with Gasteiger partial charge in [0.15, 0.2) is 11.6 Å². The summed E-state index contributed by atoms with van der Waals surface area (Å²) in [4.78, 5) is 27.9. The number of piperidine rings is 1. The summed E-state index contributed by atoms with van der Waals surface area (Å²) in [7, 11) is -3.82. The summed E-state index contributed by atoms with van der Waals surface area (Å²) in [6.45, 7) is -0.124. The lowest BCUT2D eigenvalue weighted by Gasteiger charge is -2.30. The van der Waals surface area contributed by atoms with Gasteiger partial charge in [-0.2, -0.15) is 4.31 Å². The number of aromatic nitrogens is 1. The molecule has 1 aliphatic heterocycles. The number of halogens is 3. The standard InChI is InChI=1S/C19H19ClF2N4O4S/c20-18-16(2-1-7-23-18)31(29,30)26-8-5-12(6-9-26)19(28)24-11-17(27)25-13-3-4-14(21)15(22)10-13/h1-4,7,10,12H,5-6,8-9,11H2,(H,24,28)(H,25,27). The Balaban J connectivity index is 1.49. The van der Waals surface area contributed by atoms with E-state index in [2.05, 4.69) is 15.6 Å². The van der Waals surface area contributed by atoms with Crippen molar-refractivity contribution in [1.29, 1.82) is 0 Å². The zero-order chi connectivity index (χ0) is 22.6. The van der Waals surface area contributed by atoms with Gasteiger partial charge in [-0.25, -0.2) is 22.2 Å². The van der Waals surface area contributed by atoms with Crippen LogP contribution in [-0.4, -0.2) is 49.2 Å². The van der Waals surface area contributed by atoms with Crippen molar-refractivity contribution in [2.75, 3.05) is 25.0 Å². The summed E-state index contributed by atoms with van der Waals surface area (Å²) >= 11 is 5.89. The van der Waals surface area contributed by atoms with E-state index in [1.165, 1.54) is 28.7 Å². The minimum atomic E-state index is -3.82. The number of anilines is 1. The van der Waals surface area contributed by atoms with Gasteiger partial charge in [-0.05, 0) is 37.1 Å². The first-order valence-electron chi connectivity index (χ1n) is 9.32. The molecular formula is C19H19ClF2N4O4S. The maximum Gasteiger partial charge on any atom is 0.246 e. The molecule has 0 atom stereocenters. The fourth-order valence-corrected chi connectivity index (χ4v) is 5.05. The number of hydrogen-bond acceptors (Lipinski definition) is 5. The Labute approximate surface area is 182 Å². The predicted molar refractivity (Wildman–Crippen MR) is 109 cm³/mol. The van der Waals surface area contributed by atoms with E-state index in [9.17, 15) is 26.8 Å². The number of sulfonamides is 1.